The number of unbranched alkanes of at least 4 members (excludes halogenated alkanes) is 10. The third-order valence-corrected chi connectivity index (χ3v) is 10.3. The summed E-state index contributed by atoms with van der Waals surface area (Å²) in [4.78, 5) is 37.8. The van der Waals surface area contributed by atoms with Crippen LogP contribution in [-0.4, -0.2) is 37.2 Å². The molecule has 0 aromatic carbocycles. The fraction of sp³-hybridized carbons (Fsp3) is 0.557. The van der Waals surface area contributed by atoms with Crippen LogP contribution >= 0.6 is 0 Å². The van der Waals surface area contributed by atoms with Gasteiger partial charge in [-0.1, -0.05) is 205 Å². The van der Waals surface area contributed by atoms with Crippen LogP contribution in [0.25, 0.3) is 0 Å². The lowest BCUT2D eigenvalue weighted by Crippen LogP contribution is -2.30. The zero-order valence-corrected chi connectivity index (χ0v) is 42.6. The third-order valence-electron chi connectivity index (χ3n) is 10.3. The number of carbonyl (C=O) groups is 3. The number of allylic oxidation sites excluding steroid dienone is 24. The van der Waals surface area contributed by atoms with Gasteiger partial charge in [0.1, 0.15) is 13.2 Å². The summed E-state index contributed by atoms with van der Waals surface area (Å²) < 4.78 is 16.7. The van der Waals surface area contributed by atoms with Crippen LogP contribution in [0.1, 0.15) is 201 Å². The largest absolute Gasteiger partial charge is 0.462 e. The highest BCUT2D eigenvalue weighted by Crippen LogP contribution is 2.11. The maximum atomic E-state index is 12.8. The Labute approximate surface area is 410 Å². The van der Waals surface area contributed by atoms with Crippen LogP contribution < -0.4 is 0 Å². The summed E-state index contributed by atoms with van der Waals surface area (Å²) >= 11 is 0. The van der Waals surface area contributed by atoms with Gasteiger partial charge in [-0.25, -0.2) is 0 Å². The lowest BCUT2D eigenvalue weighted by Gasteiger charge is -2.18. The molecule has 0 spiro atoms. The summed E-state index contributed by atoms with van der Waals surface area (Å²) in [6.45, 7) is 6.26. The fourth-order valence-electron chi connectivity index (χ4n) is 6.45. The number of ether oxygens (including phenoxy) is 3. The summed E-state index contributed by atoms with van der Waals surface area (Å²) in [5.41, 5.74) is 0. The van der Waals surface area contributed by atoms with Crippen LogP contribution in [0.2, 0.25) is 0 Å². The maximum Gasteiger partial charge on any atom is 0.306 e. The normalized spacial score (nSPS) is 13.3. The van der Waals surface area contributed by atoms with Crippen molar-refractivity contribution in [2.75, 3.05) is 13.2 Å². The second-order valence-electron chi connectivity index (χ2n) is 16.7. The molecule has 0 rings (SSSR count). The van der Waals surface area contributed by atoms with Crippen LogP contribution in [0.3, 0.4) is 0 Å². The quantitative estimate of drug-likeness (QED) is 0.0262. The van der Waals surface area contributed by atoms with Crippen molar-refractivity contribution in [3.05, 3.63) is 146 Å². The Morgan fingerprint density at radius 1 is 0.313 bits per heavy atom. The summed E-state index contributed by atoms with van der Waals surface area (Å²) in [5.74, 6) is -1.02. The zero-order valence-electron chi connectivity index (χ0n) is 42.6. The molecule has 1 unspecified atom stereocenters. The fourth-order valence-corrected chi connectivity index (χ4v) is 6.45. The number of esters is 3. The van der Waals surface area contributed by atoms with Gasteiger partial charge in [-0.15, -0.1) is 0 Å². The highest BCUT2D eigenvalue weighted by Gasteiger charge is 2.19. The standard InChI is InChI=1S/C61H94O6/c1-4-7-10-13-16-18-20-22-24-26-28-30-32-34-36-38-40-42-45-48-51-54-60(63)66-57-58(56-65-59(62)53-50-47-44-15-12-9-6-3)67-61(64)55-52-49-46-43-41-39-37-35-33-31-29-27-25-23-21-19-17-14-11-8-5-2/h7-8,10-11,16-19,22-25,28-31,34-37,40-43,58H,4-6,9,12-15,20-21,26-27,32-33,38-39,44-57H2,1-3H3/b10-7-,11-8-,18-16-,19-17-,24-22-,25-23-,30-28-,31-29-,36-34-,37-35-,42-40-,43-41-. The first-order chi connectivity index (χ1) is 33.0. The molecule has 0 fully saturated rings. The van der Waals surface area contributed by atoms with Gasteiger partial charge in [0.15, 0.2) is 6.10 Å². The van der Waals surface area contributed by atoms with Gasteiger partial charge in [-0.3, -0.25) is 14.4 Å². The molecular weight excluding hydrogens is 829 g/mol. The Morgan fingerprint density at radius 3 is 0.910 bits per heavy atom. The van der Waals surface area contributed by atoms with Gasteiger partial charge in [0.05, 0.1) is 0 Å². The van der Waals surface area contributed by atoms with E-state index >= 15 is 0 Å². The number of rotatable bonds is 45. The topological polar surface area (TPSA) is 78.9 Å². The molecule has 374 valence electrons. The van der Waals surface area contributed by atoms with Gasteiger partial charge in [-0.05, 0) is 122 Å². The molecule has 0 aromatic rings. The Balaban J connectivity index is 4.45. The van der Waals surface area contributed by atoms with Gasteiger partial charge >= 0.3 is 17.9 Å². The average Bonchev–Trinajstić information content (AvgIpc) is 3.33. The van der Waals surface area contributed by atoms with Gasteiger partial charge in [0, 0.05) is 19.3 Å². The summed E-state index contributed by atoms with van der Waals surface area (Å²) in [5, 5.41) is 0. The zero-order chi connectivity index (χ0) is 48.6. The molecule has 0 radical (unpaired) electrons. The van der Waals surface area contributed by atoms with Crippen molar-refractivity contribution in [1.82, 2.24) is 0 Å². The first-order valence-electron chi connectivity index (χ1n) is 26.3. The van der Waals surface area contributed by atoms with Gasteiger partial charge in [0.2, 0.25) is 0 Å². The van der Waals surface area contributed by atoms with Gasteiger partial charge in [-0.2, -0.15) is 0 Å². The summed E-state index contributed by atoms with van der Waals surface area (Å²) in [6, 6.07) is 0. The Morgan fingerprint density at radius 2 is 0.582 bits per heavy atom. The van der Waals surface area contributed by atoms with E-state index in [1.165, 1.54) is 25.7 Å². The van der Waals surface area contributed by atoms with E-state index in [4.69, 9.17) is 14.2 Å². The van der Waals surface area contributed by atoms with Crippen molar-refractivity contribution < 1.29 is 28.6 Å². The molecule has 6 heteroatoms. The molecule has 0 heterocycles. The monoisotopic (exact) mass is 923 g/mol. The Kier molecular flexibility index (Phi) is 50.1. The van der Waals surface area contributed by atoms with Crippen molar-refractivity contribution in [1.29, 1.82) is 0 Å². The number of carbonyl (C=O) groups excluding carboxylic acids is 3. The maximum absolute atomic E-state index is 12.8. The highest BCUT2D eigenvalue weighted by atomic mass is 16.6. The lowest BCUT2D eigenvalue weighted by molar-refractivity contribution is -0.167. The van der Waals surface area contributed by atoms with E-state index in [-0.39, 0.29) is 44.0 Å². The molecule has 0 aromatic heterocycles. The van der Waals surface area contributed by atoms with E-state index < -0.39 is 6.10 Å². The van der Waals surface area contributed by atoms with Gasteiger partial charge in [0.25, 0.3) is 0 Å². The molecule has 0 aliphatic rings. The molecule has 1 atom stereocenters. The van der Waals surface area contributed by atoms with Crippen LogP contribution in [0.15, 0.2) is 146 Å². The first-order valence-corrected chi connectivity index (χ1v) is 26.3. The van der Waals surface area contributed by atoms with E-state index in [0.29, 0.717) is 19.3 Å². The van der Waals surface area contributed by atoms with Crippen molar-refractivity contribution in [3.63, 3.8) is 0 Å². The third kappa shape index (κ3) is 52.1. The lowest BCUT2D eigenvalue weighted by atomic mass is 10.1. The van der Waals surface area contributed by atoms with Crippen LogP contribution in [0, 0.1) is 0 Å². The number of hydrogen-bond acceptors (Lipinski definition) is 6. The molecule has 67 heavy (non-hydrogen) atoms. The molecule has 0 aliphatic heterocycles. The SMILES string of the molecule is CC/C=C\C/C=C\C/C=C\C/C=C\C/C=C\C/C=C\CCCCC(=O)OCC(COC(=O)CCCCCCCCC)OC(=O)CCCC/C=C\C/C=C\C/C=C\C/C=C\C/C=C\C/C=C\CC. The van der Waals surface area contributed by atoms with Crippen molar-refractivity contribution in [2.45, 2.75) is 207 Å². The van der Waals surface area contributed by atoms with E-state index in [0.717, 1.165) is 122 Å². The average molecular weight is 923 g/mol. The molecule has 0 aliphatic carbocycles. The second kappa shape index (κ2) is 53.9. The number of hydrogen-bond donors (Lipinski definition) is 0. The highest BCUT2D eigenvalue weighted by molar-refractivity contribution is 5.71. The Hall–Kier alpha value is -4.71. The predicted octanol–water partition coefficient (Wildman–Crippen LogP) is 17.6. The second-order valence-corrected chi connectivity index (χ2v) is 16.7. The minimum atomic E-state index is -0.823. The van der Waals surface area contributed by atoms with E-state index in [2.05, 4.69) is 167 Å². The van der Waals surface area contributed by atoms with Crippen molar-refractivity contribution in [2.24, 2.45) is 0 Å². The van der Waals surface area contributed by atoms with Crippen LogP contribution in [0.4, 0.5) is 0 Å². The molecular formula is C61H94O6. The van der Waals surface area contributed by atoms with E-state index in [9.17, 15) is 14.4 Å². The van der Waals surface area contributed by atoms with Gasteiger partial charge < -0.3 is 14.2 Å². The molecule has 0 amide bonds. The van der Waals surface area contributed by atoms with E-state index in [1.54, 1.807) is 0 Å². The molecule has 0 bridgehead atoms. The van der Waals surface area contributed by atoms with Crippen LogP contribution in [0.5, 0.6) is 0 Å². The molecule has 0 saturated heterocycles. The molecule has 6 nitrogen and oxygen atoms in total. The molecule has 0 saturated carbocycles. The smallest absolute Gasteiger partial charge is 0.306 e. The first kappa shape index (κ1) is 62.3. The van der Waals surface area contributed by atoms with Crippen LogP contribution in [-0.2, 0) is 28.6 Å². The minimum absolute atomic E-state index is 0.116. The van der Waals surface area contributed by atoms with Crippen molar-refractivity contribution in [3.8, 4) is 0 Å². The summed E-state index contributed by atoms with van der Waals surface area (Å²) in [7, 11) is 0. The van der Waals surface area contributed by atoms with Crippen molar-refractivity contribution >= 4 is 17.9 Å². The Bertz CT molecular complexity index is 1530. The predicted molar refractivity (Wildman–Crippen MR) is 288 cm³/mol. The van der Waals surface area contributed by atoms with E-state index in [1.807, 2.05) is 0 Å². The minimum Gasteiger partial charge on any atom is -0.462 e. The summed E-state index contributed by atoms with van der Waals surface area (Å²) in [6.07, 6.45) is 77.1. The molecule has 0 N–H and O–H groups in total.